The fourth-order valence-corrected chi connectivity index (χ4v) is 2.04. The molecule has 1 aromatic carbocycles. The highest BCUT2D eigenvalue weighted by Gasteiger charge is 2.11. The lowest BCUT2D eigenvalue weighted by atomic mass is 10.1. The van der Waals surface area contributed by atoms with E-state index >= 15 is 0 Å². The van der Waals surface area contributed by atoms with Crippen LogP contribution in [0, 0.1) is 0 Å². The summed E-state index contributed by atoms with van der Waals surface area (Å²) in [5.41, 5.74) is 2.57. The summed E-state index contributed by atoms with van der Waals surface area (Å²) in [6.45, 7) is 3.50. The number of aromatic nitrogens is 3. The summed E-state index contributed by atoms with van der Waals surface area (Å²) < 4.78 is 6.20. The molecular weight excluding hydrogens is 268 g/mol. The van der Waals surface area contributed by atoms with Gasteiger partial charge in [-0.15, -0.1) is 5.10 Å². The maximum atomic E-state index is 11.3. The minimum absolute atomic E-state index is 0.0817. The molecule has 0 saturated carbocycles. The molecule has 0 amide bonds. The summed E-state index contributed by atoms with van der Waals surface area (Å²) in [7, 11) is 3.31. The van der Waals surface area contributed by atoms with E-state index in [0.717, 1.165) is 13.0 Å². The van der Waals surface area contributed by atoms with Gasteiger partial charge in [-0.25, -0.2) is 14.5 Å². The Morgan fingerprint density at radius 2 is 1.95 bits per heavy atom. The van der Waals surface area contributed by atoms with E-state index < -0.39 is 5.97 Å². The molecule has 0 bridgehead atoms. The monoisotopic (exact) mass is 288 g/mol. The third-order valence-electron chi connectivity index (χ3n) is 3.17. The normalized spacial score (nSPS) is 10.9. The second-order valence-electron chi connectivity index (χ2n) is 4.92. The molecule has 1 aromatic heterocycles. The van der Waals surface area contributed by atoms with Crippen molar-refractivity contribution in [3.8, 4) is 0 Å². The Bertz CT molecular complexity index is 592. The van der Waals surface area contributed by atoms with Crippen LogP contribution in [-0.2, 0) is 24.4 Å². The Kier molecular flexibility index (Phi) is 5.05. The van der Waals surface area contributed by atoms with Crippen molar-refractivity contribution in [2.24, 2.45) is 0 Å². The molecule has 0 aliphatic rings. The summed E-state index contributed by atoms with van der Waals surface area (Å²) >= 11 is 0. The first-order valence-electron chi connectivity index (χ1n) is 6.86. The molecule has 0 N–H and O–H groups in total. The first-order valence-corrected chi connectivity index (χ1v) is 6.86. The zero-order chi connectivity index (χ0) is 15.2. The molecule has 21 heavy (non-hydrogen) atoms. The molecule has 6 nitrogen and oxygen atoms in total. The Labute approximate surface area is 124 Å². The smallest absolute Gasteiger partial charge is 0.377 e. The van der Waals surface area contributed by atoms with Crippen molar-refractivity contribution < 1.29 is 9.53 Å². The third kappa shape index (κ3) is 4.13. The van der Waals surface area contributed by atoms with Crippen LogP contribution in [0.2, 0.25) is 0 Å². The van der Waals surface area contributed by atoms with Gasteiger partial charge in [0, 0.05) is 6.54 Å². The molecule has 1 heterocycles. The van der Waals surface area contributed by atoms with E-state index in [1.54, 1.807) is 4.68 Å². The predicted octanol–water partition coefficient (Wildman–Crippen LogP) is 1.72. The zero-order valence-electron chi connectivity index (χ0n) is 12.6. The first-order chi connectivity index (χ1) is 10.1. The number of methoxy groups -OCH3 is 1. The molecule has 0 radical (unpaired) electrons. The summed E-state index contributed by atoms with van der Waals surface area (Å²) in [6.07, 6.45) is 2.58. The van der Waals surface area contributed by atoms with Crippen LogP contribution < -0.4 is 0 Å². The number of nitrogens with zero attached hydrogens (tertiary/aromatic N) is 4. The highest BCUT2D eigenvalue weighted by atomic mass is 16.5. The van der Waals surface area contributed by atoms with Crippen molar-refractivity contribution in [1.29, 1.82) is 0 Å². The van der Waals surface area contributed by atoms with Gasteiger partial charge in [-0.05, 0) is 24.6 Å². The Morgan fingerprint density at radius 1 is 1.29 bits per heavy atom. The average Bonchev–Trinajstić information content (AvgIpc) is 2.95. The second kappa shape index (κ2) is 6.99. The first kappa shape index (κ1) is 15.2. The van der Waals surface area contributed by atoms with Crippen molar-refractivity contribution in [1.82, 2.24) is 19.7 Å². The van der Waals surface area contributed by atoms with Gasteiger partial charge in [0.15, 0.2) is 0 Å². The van der Waals surface area contributed by atoms with Gasteiger partial charge < -0.3 is 4.74 Å². The molecule has 0 unspecified atom stereocenters. The predicted molar refractivity (Wildman–Crippen MR) is 78.6 cm³/mol. The maximum Gasteiger partial charge on any atom is 0.377 e. The lowest BCUT2D eigenvalue weighted by Crippen LogP contribution is -2.22. The van der Waals surface area contributed by atoms with Crippen LogP contribution in [0.1, 0.15) is 28.7 Å². The topological polar surface area (TPSA) is 60.2 Å². The lowest BCUT2D eigenvalue weighted by Gasteiger charge is -2.16. The highest BCUT2D eigenvalue weighted by molar-refractivity contribution is 5.84. The van der Waals surface area contributed by atoms with Crippen molar-refractivity contribution in [3.05, 3.63) is 47.5 Å². The van der Waals surface area contributed by atoms with E-state index in [4.69, 9.17) is 0 Å². The minimum Gasteiger partial charge on any atom is -0.463 e. The number of ether oxygens (including phenoxy) is 1. The Morgan fingerprint density at radius 3 is 2.57 bits per heavy atom. The van der Waals surface area contributed by atoms with E-state index in [-0.39, 0.29) is 5.82 Å². The lowest BCUT2D eigenvalue weighted by molar-refractivity contribution is 0.0585. The summed E-state index contributed by atoms with van der Waals surface area (Å²) in [5, 5.41) is 4.08. The van der Waals surface area contributed by atoms with Crippen molar-refractivity contribution in [2.45, 2.75) is 26.6 Å². The van der Waals surface area contributed by atoms with E-state index in [2.05, 4.69) is 50.9 Å². The maximum absolute atomic E-state index is 11.3. The molecule has 0 saturated heterocycles. The van der Waals surface area contributed by atoms with Gasteiger partial charge in [-0.3, -0.25) is 4.90 Å². The standard InChI is InChI=1S/C15H20N4O2/c1-4-12-5-7-13(8-6-12)9-18(2)11-19-10-16-14(17-19)15(20)21-3/h5-8,10H,4,9,11H2,1-3H3. The molecule has 2 rings (SSSR count). The van der Waals surface area contributed by atoms with Crippen LogP contribution in [0.25, 0.3) is 0 Å². The van der Waals surface area contributed by atoms with Crippen LogP contribution >= 0.6 is 0 Å². The summed E-state index contributed by atoms with van der Waals surface area (Å²) in [6, 6.07) is 8.56. The van der Waals surface area contributed by atoms with Gasteiger partial charge in [0.05, 0.1) is 13.8 Å². The molecule has 0 atom stereocenters. The number of hydrogen-bond acceptors (Lipinski definition) is 5. The van der Waals surface area contributed by atoms with Gasteiger partial charge in [0.25, 0.3) is 5.82 Å². The Hall–Kier alpha value is -2.21. The number of hydrogen-bond donors (Lipinski definition) is 0. The van der Waals surface area contributed by atoms with Crippen LogP contribution in [0.5, 0.6) is 0 Å². The largest absolute Gasteiger partial charge is 0.463 e. The van der Waals surface area contributed by atoms with Crippen molar-refractivity contribution in [2.75, 3.05) is 14.2 Å². The van der Waals surface area contributed by atoms with Crippen molar-refractivity contribution >= 4 is 5.97 Å². The average molecular weight is 288 g/mol. The molecule has 0 spiro atoms. The molecule has 0 aliphatic carbocycles. The summed E-state index contributed by atoms with van der Waals surface area (Å²) in [4.78, 5) is 17.3. The zero-order valence-corrected chi connectivity index (χ0v) is 12.6. The number of benzene rings is 1. The molecular formula is C15H20N4O2. The van der Waals surface area contributed by atoms with Gasteiger partial charge in [-0.2, -0.15) is 0 Å². The van der Waals surface area contributed by atoms with Gasteiger partial charge in [-0.1, -0.05) is 31.2 Å². The van der Waals surface area contributed by atoms with Crippen LogP contribution in [0.4, 0.5) is 0 Å². The molecule has 0 fully saturated rings. The fourth-order valence-electron chi connectivity index (χ4n) is 2.04. The molecule has 2 aromatic rings. The number of carbonyl (C=O) groups is 1. The number of esters is 1. The van der Waals surface area contributed by atoms with Crippen LogP contribution in [-0.4, -0.2) is 39.8 Å². The number of carbonyl (C=O) groups excluding carboxylic acids is 1. The highest BCUT2D eigenvalue weighted by Crippen LogP contribution is 2.07. The third-order valence-corrected chi connectivity index (χ3v) is 3.17. The van der Waals surface area contributed by atoms with E-state index in [1.807, 2.05) is 7.05 Å². The van der Waals surface area contributed by atoms with E-state index in [1.165, 1.54) is 24.6 Å². The molecule has 112 valence electrons. The Balaban J connectivity index is 1.92. The molecule has 6 heteroatoms. The SMILES string of the molecule is CCc1ccc(CN(C)Cn2cnc(C(=O)OC)n2)cc1. The second-order valence-corrected chi connectivity index (χ2v) is 4.92. The summed E-state index contributed by atoms with van der Waals surface area (Å²) in [5.74, 6) is -0.440. The minimum atomic E-state index is -0.522. The fraction of sp³-hybridized carbons (Fsp3) is 0.400. The van der Waals surface area contributed by atoms with Crippen LogP contribution in [0.3, 0.4) is 0 Å². The molecule has 0 aliphatic heterocycles. The van der Waals surface area contributed by atoms with Gasteiger partial charge >= 0.3 is 5.97 Å². The van der Waals surface area contributed by atoms with E-state index in [0.29, 0.717) is 6.67 Å². The van der Waals surface area contributed by atoms with Gasteiger partial charge in [0.1, 0.15) is 6.33 Å². The number of aryl methyl sites for hydroxylation is 1. The van der Waals surface area contributed by atoms with Crippen LogP contribution in [0.15, 0.2) is 30.6 Å². The quantitative estimate of drug-likeness (QED) is 0.757. The van der Waals surface area contributed by atoms with Crippen molar-refractivity contribution in [3.63, 3.8) is 0 Å². The number of rotatable bonds is 6. The van der Waals surface area contributed by atoms with E-state index in [9.17, 15) is 4.79 Å². The van der Waals surface area contributed by atoms with Gasteiger partial charge in [0.2, 0.25) is 0 Å².